The summed E-state index contributed by atoms with van der Waals surface area (Å²) in [6, 6.07) is 0.572. The standard InChI is InChI=1S/C12H20N4/c1-2-10-7-14-12(15-8-10)16-9-11-5-3-4-6-13-11/h7-8,11,13H,2-6,9H2,1H3,(H,14,15,16). The molecular weight excluding hydrogens is 200 g/mol. The van der Waals surface area contributed by atoms with Gasteiger partial charge in [0.05, 0.1) is 0 Å². The van der Waals surface area contributed by atoms with E-state index < -0.39 is 0 Å². The fourth-order valence-corrected chi connectivity index (χ4v) is 1.94. The Morgan fingerprint density at radius 3 is 2.81 bits per heavy atom. The summed E-state index contributed by atoms with van der Waals surface area (Å²) in [4.78, 5) is 8.57. The summed E-state index contributed by atoms with van der Waals surface area (Å²) in [5.41, 5.74) is 1.18. The number of anilines is 1. The van der Waals surface area contributed by atoms with Crippen molar-refractivity contribution in [3.05, 3.63) is 18.0 Å². The molecule has 0 radical (unpaired) electrons. The molecule has 16 heavy (non-hydrogen) atoms. The van der Waals surface area contributed by atoms with Crippen LogP contribution in [0.5, 0.6) is 0 Å². The third kappa shape index (κ3) is 3.17. The fraction of sp³-hybridized carbons (Fsp3) is 0.667. The van der Waals surface area contributed by atoms with Crippen LogP contribution in [0.4, 0.5) is 5.95 Å². The molecule has 0 aliphatic carbocycles. The minimum absolute atomic E-state index is 0.572. The van der Waals surface area contributed by atoms with Crippen molar-refractivity contribution in [1.29, 1.82) is 0 Å². The molecule has 1 unspecified atom stereocenters. The first-order valence-corrected chi connectivity index (χ1v) is 6.16. The lowest BCUT2D eigenvalue weighted by Crippen LogP contribution is -2.39. The molecule has 2 rings (SSSR count). The van der Waals surface area contributed by atoms with Crippen LogP contribution in [0.1, 0.15) is 31.7 Å². The number of aromatic nitrogens is 2. The Bertz CT molecular complexity index is 303. The van der Waals surface area contributed by atoms with Gasteiger partial charge in [0, 0.05) is 25.0 Å². The second-order valence-corrected chi connectivity index (χ2v) is 4.30. The van der Waals surface area contributed by atoms with E-state index in [1.165, 1.54) is 24.8 Å². The molecule has 1 aromatic rings. The van der Waals surface area contributed by atoms with E-state index in [0.29, 0.717) is 6.04 Å². The normalized spacial score (nSPS) is 20.7. The monoisotopic (exact) mass is 220 g/mol. The van der Waals surface area contributed by atoms with Crippen molar-refractivity contribution in [2.45, 2.75) is 38.6 Å². The summed E-state index contributed by atoms with van der Waals surface area (Å²) in [6.07, 6.45) is 8.66. The van der Waals surface area contributed by atoms with Gasteiger partial charge in [-0.05, 0) is 31.4 Å². The molecule has 1 saturated heterocycles. The van der Waals surface area contributed by atoms with Gasteiger partial charge in [0.2, 0.25) is 5.95 Å². The van der Waals surface area contributed by atoms with Crippen LogP contribution in [-0.2, 0) is 6.42 Å². The SMILES string of the molecule is CCc1cnc(NCC2CCCCN2)nc1. The zero-order valence-corrected chi connectivity index (χ0v) is 9.87. The number of aryl methyl sites for hydroxylation is 1. The maximum Gasteiger partial charge on any atom is 0.222 e. The van der Waals surface area contributed by atoms with E-state index in [2.05, 4.69) is 27.5 Å². The van der Waals surface area contributed by atoms with Crippen LogP contribution in [0.15, 0.2) is 12.4 Å². The summed E-state index contributed by atoms with van der Waals surface area (Å²) in [7, 11) is 0. The van der Waals surface area contributed by atoms with Gasteiger partial charge in [0.15, 0.2) is 0 Å². The van der Waals surface area contributed by atoms with E-state index in [4.69, 9.17) is 0 Å². The first kappa shape index (κ1) is 11.3. The predicted molar refractivity (Wildman–Crippen MR) is 65.5 cm³/mol. The van der Waals surface area contributed by atoms with Crippen LogP contribution in [0.2, 0.25) is 0 Å². The Hall–Kier alpha value is -1.16. The molecule has 1 aromatic heterocycles. The minimum Gasteiger partial charge on any atom is -0.353 e. The van der Waals surface area contributed by atoms with E-state index in [-0.39, 0.29) is 0 Å². The average molecular weight is 220 g/mol. The van der Waals surface area contributed by atoms with Crippen molar-refractivity contribution in [1.82, 2.24) is 15.3 Å². The maximum absolute atomic E-state index is 4.28. The number of rotatable bonds is 4. The molecule has 0 bridgehead atoms. The van der Waals surface area contributed by atoms with Crippen LogP contribution in [-0.4, -0.2) is 29.1 Å². The van der Waals surface area contributed by atoms with E-state index in [1.54, 1.807) is 0 Å². The number of hydrogen-bond acceptors (Lipinski definition) is 4. The zero-order valence-electron chi connectivity index (χ0n) is 9.87. The highest BCUT2D eigenvalue weighted by Crippen LogP contribution is 2.07. The number of nitrogens with zero attached hydrogens (tertiary/aromatic N) is 2. The van der Waals surface area contributed by atoms with Gasteiger partial charge >= 0.3 is 0 Å². The summed E-state index contributed by atoms with van der Waals surface area (Å²) in [5, 5.41) is 6.77. The largest absolute Gasteiger partial charge is 0.353 e. The Labute approximate surface area is 96.9 Å². The van der Waals surface area contributed by atoms with Crippen LogP contribution in [0.3, 0.4) is 0 Å². The van der Waals surface area contributed by atoms with Crippen LogP contribution in [0, 0.1) is 0 Å². The molecule has 0 amide bonds. The Balaban J connectivity index is 1.79. The molecule has 4 heteroatoms. The van der Waals surface area contributed by atoms with Crippen molar-refractivity contribution < 1.29 is 0 Å². The van der Waals surface area contributed by atoms with Crippen molar-refractivity contribution in [2.75, 3.05) is 18.4 Å². The smallest absolute Gasteiger partial charge is 0.222 e. The highest BCUT2D eigenvalue weighted by Gasteiger charge is 2.11. The van der Waals surface area contributed by atoms with Gasteiger partial charge in [-0.2, -0.15) is 0 Å². The fourth-order valence-electron chi connectivity index (χ4n) is 1.94. The number of nitrogens with one attached hydrogen (secondary N) is 2. The molecule has 2 N–H and O–H groups in total. The van der Waals surface area contributed by atoms with Crippen LogP contribution in [0.25, 0.3) is 0 Å². The molecule has 88 valence electrons. The first-order valence-electron chi connectivity index (χ1n) is 6.16. The summed E-state index contributed by atoms with van der Waals surface area (Å²) < 4.78 is 0. The molecule has 1 fully saturated rings. The van der Waals surface area contributed by atoms with Gasteiger partial charge in [0.1, 0.15) is 0 Å². The van der Waals surface area contributed by atoms with Gasteiger partial charge in [0.25, 0.3) is 0 Å². The lowest BCUT2D eigenvalue weighted by Gasteiger charge is -2.23. The van der Waals surface area contributed by atoms with E-state index in [9.17, 15) is 0 Å². The quantitative estimate of drug-likeness (QED) is 0.809. The minimum atomic E-state index is 0.572. The number of piperidine rings is 1. The van der Waals surface area contributed by atoms with Crippen molar-refractivity contribution >= 4 is 5.95 Å². The molecule has 2 heterocycles. The molecular formula is C12H20N4. The Morgan fingerprint density at radius 1 is 1.38 bits per heavy atom. The number of hydrogen-bond donors (Lipinski definition) is 2. The van der Waals surface area contributed by atoms with Crippen molar-refractivity contribution in [2.24, 2.45) is 0 Å². The van der Waals surface area contributed by atoms with Gasteiger partial charge in [-0.15, -0.1) is 0 Å². The predicted octanol–water partition coefficient (Wildman–Crippen LogP) is 1.59. The molecule has 0 spiro atoms. The maximum atomic E-state index is 4.28. The second-order valence-electron chi connectivity index (χ2n) is 4.30. The van der Waals surface area contributed by atoms with E-state index in [1.807, 2.05) is 12.4 Å². The molecule has 4 nitrogen and oxygen atoms in total. The lowest BCUT2D eigenvalue weighted by atomic mass is 10.1. The van der Waals surface area contributed by atoms with Crippen LogP contribution >= 0.6 is 0 Å². The van der Waals surface area contributed by atoms with Gasteiger partial charge in [-0.25, -0.2) is 9.97 Å². The highest BCUT2D eigenvalue weighted by atomic mass is 15.1. The first-order chi connectivity index (χ1) is 7.88. The van der Waals surface area contributed by atoms with Crippen molar-refractivity contribution in [3.8, 4) is 0 Å². The third-order valence-electron chi connectivity index (χ3n) is 3.03. The van der Waals surface area contributed by atoms with E-state index >= 15 is 0 Å². The lowest BCUT2D eigenvalue weighted by molar-refractivity contribution is 0.413. The molecule has 0 saturated carbocycles. The topological polar surface area (TPSA) is 49.8 Å². The van der Waals surface area contributed by atoms with Gasteiger partial charge < -0.3 is 10.6 Å². The van der Waals surface area contributed by atoms with Crippen molar-refractivity contribution in [3.63, 3.8) is 0 Å². The highest BCUT2D eigenvalue weighted by molar-refractivity contribution is 5.25. The molecule has 0 aromatic carbocycles. The van der Waals surface area contributed by atoms with Gasteiger partial charge in [-0.3, -0.25) is 0 Å². The second kappa shape index (κ2) is 5.80. The Morgan fingerprint density at radius 2 is 2.19 bits per heavy atom. The molecule has 1 atom stereocenters. The molecule has 1 aliphatic rings. The molecule has 1 aliphatic heterocycles. The summed E-state index contributed by atoms with van der Waals surface area (Å²) in [6.45, 7) is 4.17. The zero-order chi connectivity index (χ0) is 11.2. The summed E-state index contributed by atoms with van der Waals surface area (Å²) >= 11 is 0. The Kier molecular flexibility index (Phi) is 4.10. The average Bonchev–Trinajstić information content (AvgIpc) is 2.38. The third-order valence-corrected chi connectivity index (χ3v) is 3.03. The summed E-state index contributed by atoms with van der Waals surface area (Å²) in [5.74, 6) is 0.740. The van der Waals surface area contributed by atoms with Gasteiger partial charge in [-0.1, -0.05) is 13.3 Å². The van der Waals surface area contributed by atoms with E-state index in [0.717, 1.165) is 25.5 Å². The van der Waals surface area contributed by atoms with Crippen LogP contribution < -0.4 is 10.6 Å².